The summed E-state index contributed by atoms with van der Waals surface area (Å²) in [4.78, 5) is 22.3. The SMILES string of the molecule is COC(=O)CNC(=O)CCc1ccc2c(c1)OCO2. The fourth-order valence-electron chi connectivity index (χ4n) is 1.69. The molecule has 1 amide bonds. The minimum absolute atomic E-state index is 0.101. The molecule has 0 spiro atoms. The van der Waals surface area contributed by atoms with E-state index in [4.69, 9.17) is 9.47 Å². The third-order valence-electron chi connectivity index (χ3n) is 2.74. The van der Waals surface area contributed by atoms with Crippen molar-refractivity contribution in [2.24, 2.45) is 0 Å². The number of carbonyl (C=O) groups is 2. The number of methoxy groups -OCH3 is 1. The van der Waals surface area contributed by atoms with Gasteiger partial charge in [-0.05, 0) is 24.1 Å². The van der Waals surface area contributed by atoms with Gasteiger partial charge < -0.3 is 19.5 Å². The van der Waals surface area contributed by atoms with Crippen molar-refractivity contribution in [3.05, 3.63) is 23.8 Å². The zero-order valence-corrected chi connectivity index (χ0v) is 10.6. The molecule has 102 valence electrons. The van der Waals surface area contributed by atoms with Gasteiger partial charge in [0.05, 0.1) is 7.11 Å². The topological polar surface area (TPSA) is 73.9 Å². The molecule has 0 saturated carbocycles. The van der Waals surface area contributed by atoms with E-state index in [-0.39, 0.29) is 19.2 Å². The number of fused-ring (bicyclic) bond motifs is 1. The molecule has 1 heterocycles. The average Bonchev–Trinajstić information content (AvgIpc) is 2.89. The Morgan fingerprint density at radius 2 is 2.11 bits per heavy atom. The van der Waals surface area contributed by atoms with Gasteiger partial charge in [-0.3, -0.25) is 9.59 Å². The molecular weight excluding hydrogens is 250 g/mol. The molecule has 0 aromatic heterocycles. The van der Waals surface area contributed by atoms with Crippen molar-refractivity contribution in [2.45, 2.75) is 12.8 Å². The lowest BCUT2D eigenvalue weighted by Crippen LogP contribution is -2.30. The maximum Gasteiger partial charge on any atom is 0.325 e. The lowest BCUT2D eigenvalue weighted by Gasteiger charge is -2.05. The molecule has 0 bridgehead atoms. The van der Waals surface area contributed by atoms with Crippen molar-refractivity contribution in [3.8, 4) is 11.5 Å². The number of carbonyl (C=O) groups excluding carboxylic acids is 2. The van der Waals surface area contributed by atoms with E-state index in [0.29, 0.717) is 18.6 Å². The van der Waals surface area contributed by atoms with Crippen molar-refractivity contribution in [1.29, 1.82) is 0 Å². The van der Waals surface area contributed by atoms with Gasteiger partial charge in [0, 0.05) is 6.42 Å². The van der Waals surface area contributed by atoms with Crippen molar-refractivity contribution in [3.63, 3.8) is 0 Å². The summed E-state index contributed by atoms with van der Waals surface area (Å²) in [5.41, 5.74) is 0.984. The minimum Gasteiger partial charge on any atom is -0.468 e. The number of hydrogen-bond donors (Lipinski definition) is 1. The van der Waals surface area contributed by atoms with Crippen LogP contribution in [0, 0.1) is 0 Å². The number of ether oxygens (including phenoxy) is 3. The second kappa shape index (κ2) is 6.08. The lowest BCUT2D eigenvalue weighted by molar-refractivity contribution is -0.141. The summed E-state index contributed by atoms with van der Waals surface area (Å²) in [7, 11) is 1.28. The van der Waals surface area contributed by atoms with Crippen LogP contribution in [0.2, 0.25) is 0 Å². The molecule has 1 aliphatic heterocycles. The third kappa shape index (κ3) is 3.61. The predicted molar refractivity (Wildman–Crippen MR) is 65.9 cm³/mol. The first-order valence-corrected chi connectivity index (χ1v) is 5.91. The van der Waals surface area contributed by atoms with Gasteiger partial charge in [-0.15, -0.1) is 0 Å². The van der Waals surface area contributed by atoms with Gasteiger partial charge >= 0.3 is 5.97 Å². The van der Waals surface area contributed by atoms with Crippen LogP contribution in [0.15, 0.2) is 18.2 Å². The first-order valence-electron chi connectivity index (χ1n) is 5.91. The highest BCUT2D eigenvalue weighted by Crippen LogP contribution is 2.32. The van der Waals surface area contributed by atoms with Gasteiger partial charge in [-0.1, -0.05) is 6.07 Å². The first kappa shape index (κ1) is 13.2. The van der Waals surface area contributed by atoms with Crippen LogP contribution in [0.3, 0.4) is 0 Å². The standard InChI is InChI=1S/C13H15NO5/c1-17-13(16)7-14-12(15)5-3-9-2-4-10-11(6-9)19-8-18-10/h2,4,6H,3,5,7-8H2,1H3,(H,14,15). The maximum atomic E-state index is 11.5. The van der Waals surface area contributed by atoms with E-state index >= 15 is 0 Å². The van der Waals surface area contributed by atoms with Crippen LogP contribution in [0.1, 0.15) is 12.0 Å². The second-order valence-electron chi connectivity index (χ2n) is 4.04. The molecule has 0 aliphatic carbocycles. The number of hydrogen-bond acceptors (Lipinski definition) is 5. The molecule has 0 unspecified atom stereocenters. The lowest BCUT2D eigenvalue weighted by atomic mass is 10.1. The molecule has 1 aromatic carbocycles. The highest BCUT2D eigenvalue weighted by molar-refractivity contribution is 5.81. The molecule has 1 aromatic rings. The van der Waals surface area contributed by atoms with E-state index in [2.05, 4.69) is 10.1 Å². The Labute approximate surface area is 110 Å². The zero-order chi connectivity index (χ0) is 13.7. The second-order valence-corrected chi connectivity index (χ2v) is 4.04. The van der Waals surface area contributed by atoms with Crippen molar-refractivity contribution in [2.75, 3.05) is 20.4 Å². The van der Waals surface area contributed by atoms with E-state index in [1.165, 1.54) is 7.11 Å². The summed E-state index contributed by atoms with van der Waals surface area (Å²) >= 11 is 0. The molecule has 1 aliphatic rings. The minimum atomic E-state index is -0.462. The Morgan fingerprint density at radius 3 is 2.89 bits per heavy atom. The molecule has 19 heavy (non-hydrogen) atoms. The Kier molecular flexibility index (Phi) is 4.22. The summed E-state index contributed by atoms with van der Waals surface area (Å²) in [6.07, 6.45) is 0.875. The molecule has 0 fully saturated rings. The van der Waals surface area contributed by atoms with Gasteiger partial charge in [0.2, 0.25) is 12.7 Å². The normalized spacial score (nSPS) is 12.1. The van der Waals surface area contributed by atoms with Crippen molar-refractivity contribution < 1.29 is 23.8 Å². The summed E-state index contributed by atoms with van der Waals surface area (Å²) in [6.45, 7) is 0.134. The third-order valence-corrected chi connectivity index (χ3v) is 2.74. The maximum absolute atomic E-state index is 11.5. The number of amides is 1. The van der Waals surface area contributed by atoms with E-state index in [0.717, 1.165) is 11.3 Å². The van der Waals surface area contributed by atoms with Crippen LogP contribution in [0.5, 0.6) is 11.5 Å². The van der Waals surface area contributed by atoms with E-state index < -0.39 is 5.97 Å². The number of rotatable bonds is 5. The van der Waals surface area contributed by atoms with E-state index in [1.54, 1.807) is 0 Å². The average molecular weight is 265 g/mol. The van der Waals surface area contributed by atoms with E-state index in [9.17, 15) is 9.59 Å². The van der Waals surface area contributed by atoms with Crippen molar-refractivity contribution in [1.82, 2.24) is 5.32 Å². The number of benzene rings is 1. The fraction of sp³-hybridized carbons (Fsp3) is 0.385. The van der Waals surface area contributed by atoms with E-state index in [1.807, 2.05) is 18.2 Å². The van der Waals surface area contributed by atoms with Gasteiger partial charge in [0.1, 0.15) is 6.54 Å². The quantitative estimate of drug-likeness (QED) is 0.791. The predicted octanol–water partition coefficient (Wildman–Crippen LogP) is 0.637. The van der Waals surface area contributed by atoms with Crippen LogP contribution in [-0.2, 0) is 20.7 Å². The molecule has 6 heteroatoms. The van der Waals surface area contributed by atoms with Crippen LogP contribution in [-0.4, -0.2) is 32.3 Å². The molecular formula is C13H15NO5. The first-order chi connectivity index (χ1) is 9.19. The van der Waals surface area contributed by atoms with Crippen LogP contribution >= 0.6 is 0 Å². The summed E-state index contributed by atoms with van der Waals surface area (Å²) < 4.78 is 14.9. The van der Waals surface area contributed by atoms with Crippen molar-refractivity contribution >= 4 is 11.9 Å². The highest BCUT2D eigenvalue weighted by Gasteiger charge is 2.13. The Bertz CT molecular complexity index is 486. The van der Waals surface area contributed by atoms with Crippen LogP contribution < -0.4 is 14.8 Å². The number of aryl methyl sites for hydroxylation is 1. The van der Waals surface area contributed by atoms with Crippen LogP contribution in [0.25, 0.3) is 0 Å². The molecule has 0 radical (unpaired) electrons. The molecule has 0 atom stereocenters. The van der Waals surface area contributed by atoms with Gasteiger partial charge in [-0.2, -0.15) is 0 Å². The Hall–Kier alpha value is -2.24. The van der Waals surface area contributed by atoms with Crippen LogP contribution in [0.4, 0.5) is 0 Å². The summed E-state index contributed by atoms with van der Waals surface area (Å²) in [6, 6.07) is 5.57. The fourth-order valence-corrected chi connectivity index (χ4v) is 1.69. The largest absolute Gasteiger partial charge is 0.468 e. The van der Waals surface area contributed by atoms with Gasteiger partial charge in [0.25, 0.3) is 0 Å². The molecule has 0 saturated heterocycles. The Morgan fingerprint density at radius 1 is 1.32 bits per heavy atom. The smallest absolute Gasteiger partial charge is 0.325 e. The van der Waals surface area contributed by atoms with Gasteiger partial charge in [-0.25, -0.2) is 0 Å². The summed E-state index contributed by atoms with van der Waals surface area (Å²) in [5.74, 6) is 0.769. The molecule has 6 nitrogen and oxygen atoms in total. The zero-order valence-electron chi connectivity index (χ0n) is 10.6. The van der Waals surface area contributed by atoms with Gasteiger partial charge in [0.15, 0.2) is 11.5 Å². The Balaban J connectivity index is 1.79. The summed E-state index contributed by atoms with van der Waals surface area (Å²) in [5, 5.41) is 2.49. The highest BCUT2D eigenvalue weighted by atomic mass is 16.7. The molecule has 1 N–H and O–H groups in total. The number of nitrogens with one attached hydrogen (secondary N) is 1. The molecule has 2 rings (SSSR count). The number of esters is 1. The monoisotopic (exact) mass is 265 g/mol.